The van der Waals surface area contributed by atoms with E-state index in [9.17, 15) is 0 Å². The van der Waals surface area contributed by atoms with Crippen LogP contribution in [0, 0.1) is 0 Å². The maximum Gasteiger partial charge on any atom is 0.139 e. The molecule has 5 rings (SSSR count). The van der Waals surface area contributed by atoms with Crippen molar-refractivity contribution in [2.24, 2.45) is 11.5 Å². The second kappa shape index (κ2) is 8.42. The quantitative estimate of drug-likeness (QED) is 0.608. The maximum absolute atomic E-state index is 6.77. The molecule has 0 unspecified atom stereocenters. The third-order valence-corrected chi connectivity index (χ3v) is 6.79. The van der Waals surface area contributed by atoms with Crippen LogP contribution in [0.15, 0.2) is 48.7 Å². The van der Waals surface area contributed by atoms with Crippen molar-refractivity contribution in [2.45, 2.75) is 50.3 Å². The van der Waals surface area contributed by atoms with Crippen molar-refractivity contribution in [1.82, 2.24) is 9.88 Å². The van der Waals surface area contributed by atoms with E-state index in [1.165, 1.54) is 28.5 Å². The van der Waals surface area contributed by atoms with Crippen molar-refractivity contribution >= 4 is 10.9 Å². The van der Waals surface area contributed by atoms with E-state index in [0.717, 1.165) is 50.0 Å². The number of H-pyrrole nitrogens is 1. The molecule has 1 aliphatic heterocycles. The van der Waals surface area contributed by atoms with Crippen LogP contribution in [0.2, 0.25) is 0 Å². The van der Waals surface area contributed by atoms with E-state index in [1.54, 1.807) is 0 Å². The van der Waals surface area contributed by atoms with E-state index >= 15 is 0 Å². The summed E-state index contributed by atoms with van der Waals surface area (Å²) in [5, 5.41) is 1.21. The summed E-state index contributed by atoms with van der Waals surface area (Å²) in [6, 6.07) is 15.8. The first-order valence-electron chi connectivity index (χ1n) is 11.3. The van der Waals surface area contributed by atoms with E-state index in [4.69, 9.17) is 16.2 Å². The number of likely N-dealkylation sites (tertiary alicyclic amines) is 1. The van der Waals surface area contributed by atoms with Gasteiger partial charge in [0.05, 0.1) is 6.04 Å². The van der Waals surface area contributed by atoms with Crippen LogP contribution in [-0.4, -0.2) is 41.6 Å². The van der Waals surface area contributed by atoms with Gasteiger partial charge in [-0.1, -0.05) is 24.3 Å². The second-order valence-corrected chi connectivity index (χ2v) is 8.80. The molecule has 0 radical (unpaired) electrons. The zero-order chi connectivity index (χ0) is 20.5. The van der Waals surface area contributed by atoms with Gasteiger partial charge < -0.3 is 21.2 Å². The minimum Gasteiger partial charge on any atom is -0.484 e. The van der Waals surface area contributed by atoms with E-state index in [1.807, 2.05) is 0 Å². The molecule has 0 saturated carbocycles. The number of aromatic nitrogens is 1. The van der Waals surface area contributed by atoms with Crippen LogP contribution in [0.25, 0.3) is 10.9 Å². The van der Waals surface area contributed by atoms with E-state index in [0.29, 0.717) is 12.6 Å². The second-order valence-electron chi connectivity index (χ2n) is 8.80. The average Bonchev–Trinajstić information content (AvgIpc) is 3.16. The number of nitrogens with zero attached hydrogens (tertiary/aromatic N) is 1. The summed E-state index contributed by atoms with van der Waals surface area (Å²) in [7, 11) is 0. The first kappa shape index (κ1) is 19.6. The third-order valence-electron chi connectivity index (χ3n) is 6.79. The Hall–Kier alpha value is -2.34. The summed E-state index contributed by atoms with van der Waals surface area (Å²) in [6.45, 7) is 2.72. The standard InChI is InChI=1S/C25H32N4O/c26-12-11-18-15-28-23-9-8-20(14-22(18)23)30-25-21-6-2-1-4-17(21)7-10-24(25)29-13-3-5-19(27)16-29/h1-2,4,6,8-9,14-15,19,24-25,28H,3,5,7,10-13,16,26-27H2/t19-,24-,25-/m0/s1. The maximum atomic E-state index is 6.77. The SMILES string of the molecule is NCCc1c[nH]c2ccc(O[C@H]3c4ccccc4CC[C@@H]3N3CCC[C@H](N)C3)cc12. The number of piperidine rings is 1. The number of nitrogens with one attached hydrogen (secondary N) is 1. The van der Waals surface area contributed by atoms with Gasteiger partial charge in [-0.3, -0.25) is 4.90 Å². The van der Waals surface area contributed by atoms with Gasteiger partial charge in [-0.15, -0.1) is 0 Å². The van der Waals surface area contributed by atoms with Crippen LogP contribution >= 0.6 is 0 Å². The number of aryl methyl sites for hydroxylation is 1. The molecule has 158 valence electrons. The molecule has 1 fully saturated rings. The number of hydrogen-bond acceptors (Lipinski definition) is 4. The highest BCUT2D eigenvalue weighted by Gasteiger charge is 2.36. The minimum absolute atomic E-state index is 0.0228. The molecule has 0 spiro atoms. The molecule has 5 nitrogen and oxygen atoms in total. The third kappa shape index (κ3) is 3.73. The highest BCUT2D eigenvalue weighted by molar-refractivity contribution is 5.84. The monoisotopic (exact) mass is 404 g/mol. The van der Waals surface area contributed by atoms with Crippen LogP contribution in [0.4, 0.5) is 0 Å². The van der Waals surface area contributed by atoms with Gasteiger partial charge >= 0.3 is 0 Å². The zero-order valence-corrected chi connectivity index (χ0v) is 17.5. The molecule has 0 amide bonds. The average molecular weight is 405 g/mol. The molecule has 1 aromatic heterocycles. The lowest BCUT2D eigenvalue weighted by atomic mass is 9.84. The first-order valence-corrected chi connectivity index (χ1v) is 11.3. The van der Waals surface area contributed by atoms with Crippen LogP contribution in [0.1, 0.15) is 42.1 Å². The molecule has 2 aromatic carbocycles. The number of rotatable bonds is 5. The van der Waals surface area contributed by atoms with Crippen LogP contribution in [-0.2, 0) is 12.8 Å². The minimum atomic E-state index is 0.0228. The lowest BCUT2D eigenvalue weighted by Gasteiger charge is -2.43. The molecular formula is C25H32N4O. The fourth-order valence-electron chi connectivity index (χ4n) is 5.30. The van der Waals surface area contributed by atoms with E-state index < -0.39 is 0 Å². The lowest BCUT2D eigenvalue weighted by Crippen LogP contribution is -2.51. The topological polar surface area (TPSA) is 80.3 Å². The fraction of sp³-hybridized carbons (Fsp3) is 0.440. The van der Waals surface area contributed by atoms with Gasteiger partial charge in [-0.2, -0.15) is 0 Å². The molecule has 30 heavy (non-hydrogen) atoms. The highest BCUT2D eigenvalue weighted by atomic mass is 16.5. The number of aromatic amines is 1. The Kier molecular flexibility index (Phi) is 5.50. The molecule has 2 aliphatic rings. The molecule has 3 atom stereocenters. The lowest BCUT2D eigenvalue weighted by molar-refractivity contribution is 0.0368. The van der Waals surface area contributed by atoms with Gasteiger partial charge in [0.1, 0.15) is 11.9 Å². The predicted octanol–water partition coefficient (Wildman–Crippen LogP) is 3.53. The number of hydrogen-bond donors (Lipinski definition) is 3. The Morgan fingerprint density at radius 2 is 2.03 bits per heavy atom. The molecule has 5 heteroatoms. The largest absolute Gasteiger partial charge is 0.484 e. The Labute approximate surface area is 178 Å². The Balaban J connectivity index is 1.48. The Morgan fingerprint density at radius 3 is 2.90 bits per heavy atom. The van der Waals surface area contributed by atoms with Gasteiger partial charge in [0.15, 0.2) is 0 Å². The molecular weight excluding hydrogens is 372 g/mol. The van der Waals surface area contributed by atoms with Crippen molar-refractivity contribution < 1.29 is 4.74 Å². The molecule has 5 N–H and O–H groups in total. The Morgan fingerprint density at radius 1 is 1.13 bits per heavy atom. The summed E-state index contributed by atoms with van der Waals surface area (Å²) in [6.07, 6.45) is 7.46. The summed E-state index contributed by atoms with van der Waals surface area (Å²) >= 11 is 0. The van der Waals surface area contributed by atoms with E-state index in [2.05, 4.69) is 58.5 Å². The van der Waals surface area contributed by atoms with Crippen molar-refractivity contribution in [2.75, 3.05) is 19.6 Å². The first-order chi connectivity index (χ1) is 14.7. The number of fused-ring (bicyclic) bond motifs is 2. The van der Waals surface area contributed by atoms with Crippen LogP contribution < -0.4 is 16.2 Å². The van der Waals surface area contributed by atoms with Crippen molar-refractivity contribution in [3.8, 4) is 5.75 Å². The number of nitrogens with two attached hydrogens (primary N) is 2. The van der Waals surface area contributed by atoms with Gasteiger partial charge in [0.2, 0.25) is 0 Å². The zero-order valence-electron chi connectivity index (χ0n) is 17.5. The molecule has 1 saturated heterocycles. The smallest absolute Gasteiger partial charge is 0.139 e. The van der Waals surface area contributed by atoms with Crippen LogP contribution in [0.3, 0.4) is 0 Å². The van der Waals surface area contributed by atoms with Crippen LogP contribution in [0.5, 0.6) is 5.75 Å². The summed E-state index contributed by atoms with van der Waals surface area (Å²) in [5.41, 5.74) is 17.2. The normalized spacial score (nSPS) is 24.7. The summed E-state index contributed by atoms with van der Waals surface area (Å²) in [4.78, 5) is 5.92. The molecule has 0 bridgehead atoms. The Bertz CT molecular complexity index is 1010. The predicted molar refractivity (Wildman–Crippen MR) is 122 cm³/mol. The van der Waals surface area contributed by atoms with Gasteiger partial charge in [0.25, 0.3) is 0 Å². The number of benzene rings is 2. The summed E-state index contributed by atoms with van der Waals surface area (Å²) in [5.74, 6) is 0.924. The molecule has 3 aromatic rings. The summed E-state index contributed by atoms with van der Waals surface area (Å²) < 4.78 is 6.77. The van der Waals surface area contributed by atoms with Gasteiger partial charge in [0, 0.05) is 29.7 Å². The molecule has 1 aliphatic carbocycles. The van der Waals surface area contributed by atoms with Crippen molar-refractivity contribution in [3.05, 3.63) is 65.4 Å². The van der Waals surface area contributed by atoms with E-state index in [-0.39, 0.29) is 12.1 Å². The number of ether oxygens (including phenoxy) is 1. The van der Waals surface area contributed by atoms with Gasteiger partial charge in [-0.05, 0) is 80.1 Å². The van der Waals surface area contributed by atoms with Crippen molar-refractivity contribution in [1.29, 1.82) is 0 Å². The fourth-order valence-corrected chi connectivity index (χ4v) is 5.30. The molecule has 2 heterocycles. The van der Waals surface area contributed by atoms with Gasteiger partial charge in [-0.25, -0.2) is 0 Å². The van der Waals surface area contributed by atoms with Crippen molar-refractivity contribution in [3.63, 3.8) is 0 Å². The highest BCUT2D eigenvalue weighted by Crippen LogP contribution is 2.38.